The van der Waals surface area contributed by atoms with Crippen LogP contribution in [0.2, 0.25) is 0 Å². The summed E-state index contributed by atoms with van der Waals surface area (Å²) in [4.78, 5) is 0. The Kier molecular flexibility index (Phi) is 4.75. The number of halogens is 1. The molecule has 1 aliphatic carbocycles. The molecule has 0 heterocycles. The Labute approximate surface area is 176 Å². The van der Waals surface area contributed by atoms with Gasteiger partial charge in [0.05, 0.1) is 0 Å². The van der Waals surface area contributed by atoms with Gasteiger partial charge in [0.15, 0.2) is 0 Å². The molecule has 27 heavy (non-hydrogen) atoms. The highest BCUT2D eigenvalue weighted by molar-refractivity contribution is 14.1. The second-order valence-electron chi connectivity index (χ2n) is 7.92. The summed E-state index contributed by atoms with van der Waals surface area (Å²) in [6.45, 7) is 9.19. The maximum absolute atomic E-state index is 2.49. The van der Waals surface area contributed by atoms with Gasteiger partial charge in [0, 0.05) is 14.9 Å². The highest BCUT2D eigenvalue weighted by Gasteiger charge is 2.37. The Balaban J connectivity index is 1.86. The lowest BCUT2D eigenvalue weighted by molar-refractivity contribution is 0.654. The topological polar surface area (TPSA) is 0 Å². The van der Waals surface area contributed by atoms with Crippen LogP contribution in [-0.4, -0.2) is 0 Å². The lowest BCUT2D eigenvalue weighted by Gasteiger charge is -2.24. The van der Waals surface area contributed by atoms with E-state index in [1.54, 1.807) is 0 Å². The summed E-state index contributed by atoms with van der Waals surface area (Å²) in [5.74, 6) is 0.352. The summed E-state index contributed by atoms with van der Waals surface area (Å²) < 4.78 is 1.31. The van der Waals surface area contributed by atoms with E-state index in [2.05, 4.69) is 123 Å². The minimum atomic E-state index is 0.0334. The largest absolute Gasteiger partial charge is 0.0795 e. The SMILES string of the molecule is CC=C1/C(=C\C(C)c2ccc(I)c3ccccc23)C(C)(C)c2ccccc21. The van der Waals surface area contributed by atoms with Crippen LogP contribution >= 0.6 is 22.6 Å². The molecule has 4 rings (SSSR count). The average Bonchev–Trinajstić information content (AvgIpc) is 2.89. The lowest BCUT2D eigenvalue weighted by Crippen LogP contribution is -2.15. The van der Waals surface area contributed by atoms with Crippen LogP contribution in [0.15, 0.2) is 78.4 Å². The van der Waals surface area contributed by atoms with Crippen molar-refractivity contribution < 1.29 is 0 Å². The molecule has 1 atom stereocenters. The van der Waals surface area contributed by atoms with Gasteiger partial charge in [-0.1, -0.05) is 87.5 Å². The van der Waals surface area contributed by atoms with Gasteiger partial charge < -0.3 is 0 Å². The fourth-order valence-electron chi connectivity index (χ4n) is 4.52. The van der Waals surface area contributed by atoms with Crippen LogP contribution in [0.5, 0.6) is 0 Å². The summed E-state index contributed by atoms with van der Waals surface area (Å²) in [5, 5.41) is 2.71. The van der Waals surface area contributed by atoms with Crippen LogP contribution in [0.1, 0.15) is 50.3 Å². The number of hydrogen-bond donors (Lipinski definition) is 0. The molecule has 0 spiro atoms. The van der Waals surface area contributed by atoms with Gasteiger partial charge in [-0.2, -0.15) is 0 Å². The molecule has 136 valence electrons. The first-order chi connectivity index (χ1) is 12.9. The molecule has 0 N–H and O–H groups in total. The van der Waals surface area contributed by atoms with Gasteiger partial charge in [-0.05, 0) is 74.2 Å². The molecule has 0 radical (unpaired) electrons. The molecular formula is C26H25I. The minimum absolute atomic E-state index is 0.0334. The summed E-state index contributed by atoms with van der Waals surface area (Å²) in [6.07, 6.45) is 4.77. The standard InChI is InChI=1S/C26H25I/c1-5-18-21-11-8-9-13-23(21)26(3,4)24(18)16-17(2)19-14-15-25(27)22-12-7-6-10-20(19)22/h5-17H,1-4H3/b18-5?,24-16+. The number of fused-ring (bicyclic) bond motifs is 2. The van der Waals surface area contributed by atoms with Gasteiger partial charge in [-0.15, -0.1) is 0 Å². The van der Waals surface area contributed by atoms with E-state index >= 15 is 0 Å². The zero-order valence-electron chi connectivity index (χ0n) is 16.4. The van der Waals surface area contributed by atoms with Crippen molar-refractivity contribution in [3.05, 3.63) is 98.6 Å². The molecule has 0 saturated heterocycles. The zero-order valence-corrected chi connectivity index (χ0v) is 18.5. The molecule has 0 nitrogen and oxygen atoms in total. The third-order valence-electron chi connectivity index (χ3n) is 5.95. The fraction of sp³-hybridized carbons (Fsp3) is 0.231. The molecule has 3 aromatic carbocycles. The molecule has 1 heteroatoms. The first kappa shape index (κ1) is 18.5. The van der Waals surface area contributed by atoms with Crippen molar-refractivity contribution in [2.24, 2.45) is 0 Å². The Hall–Kier alpha value is -1.87. The van der Waals surface area contributed by atoms with Crippen molar-refractivity contribution in [2.75, 3.05) is 0 Å². The Bertz CT molecular complexity index is 1080. The second-order valence-corrected chi connectivity index (χ2v) is 9.09. The minimum Gasteiger partial charge on any atom is -0.0795 e. The molecule has 0 saturated carbocycles. The van der Waals surface area contributed by atoms with Crippen LogP contribution in [0.25, 0.3) is 16.3 Å². The third-order valence-corrected chi connectivity index (χ3v) is 6.90. The van der Waals surface area contributed by atoms with Gasteiger partial charge in [0.2, 0.25) is 0 Å². The lowest BCUT2D eigenvalue weighted by atomic mass is 9.80. The van der Waals surface area contributed by atoms with E-state index in [0.29, 0.717) is 5.92 Å². The van der Waals surface area contributed by atoms with Crippen LogP contribution in [0, 0.1) is 3.57 Å². The van der Waals surface area contributed by atoms with Crippen LogP contribution in [0.3, 0.4) is 0 Å². The molecular weight excluding hydrogens is 439 g/mol. The van der Waals surface area contributed by atoms with Crippen LogP contribution < -0.4 is 0 Å². The molecule has 3 aromatic rings. The smallest absolute Gasteiger partial charge is 0.0208 e. The summed E-state index contributed by atoms with van der Waals surface area (Å²) in [6, 6.07) is 22.2. The Morgan fingerprint density at radius 3 is 2.30 bits per heavy atom. The molecule has 0 aliphatic heterocycles. The van der Waals surface area contributed by atoms with Crippen molar-refractivity contribution in [1.82, 2.24) is 0 Å². The van der Waals surface area contributed by atoms with Crippen LogP contribution in [0.4, 0.5) is 0 Å². The van der Waals surface area contributed by atoms with Crippen LogP contribution in [-0.2, 0) is 5.41 Å². The molecule has 0 amide bonds. The summed E-state index contributed by atoms with van der Waals surface area (Å²) in [5.41, 5.74) is 7.09. The summed E-state index contributed by atoms with van der Waals surface area (Å²) in [7, 11) is 0. The number of benzene rings is 3. The van der Waals surface area contributed by atoms with Crippen molar-refractivity contribution >= 4 is 38.9 Å². The normalized spacial score (nSPS) is 19.6. The van der Waals surface area contributed by atoms with E-state index in [4.69, 9.17) is 0 Å². The maximum Gasteiger partial charge on any atom is 0.0208 e. The molecule has 0 aromatic heterocycles. The van der Waals surface area contributed by atoms with E-state index in [0.717, 1.165) is 0 Å². The summed E-state index contributed by atoms with van der Waals surface area (Å²) >= 11 is 2.44. The average molecular weight is 464 g/mol. The Morgan fingerprint density at radius 1 is 0.889 bits per heavy atom. The van der Waals surface area contributed by atoms with E-state index < -0.39 is 0 Å². The molecule has 1 unspecified atom stereocenters. The predicted octanol–water partition coefficient (Wildman–Crippen LogP) is 7.87. The van der Waals surface area contributed by atoms with Gasteiger partial charge >= 0.3 is 0 Å². The van der Waals surface area contributed by atoms with Crippen molar-refractivity contribution in [1.29, 1.82) is 0 Å². The van der Waals surface area contributed by atoms with Gasteiger partial charge in [-0.3, -0.25) is 0 Å². The molecule has 1 aliphatic rings. The maximum atomic E-state index is 2.49. The third kappa shape index (κ3) is 2.97. The quantitative estimate of drug-likeness (QED) is 0.339. The molecule has 0 bridgehead atoms. The van der Waals surface area contributed by atoms with Gasteiger partial charge in [0.25, 0.3) is 0 Å². The molecule has 0 fully saturated rings. The van der Waals surface area contributed by atoms with Gasteiger partial charge in [0.1, 0.15) is 0 Å². The zero-order chi connectivity index (χ0) is 19.2. The first-order valence-electron chi connectivity index (χ1n) is 9.61. The monoisotopic (exact) mass is 464 g/mol. The van der Waals surface area contributed by atoms with E-state index in [9.17, 15) is 0 Å². The van der Waals surface area contributed by atoms with Crippen molar-refractivity contribution in [2.45, 2.75) is 39.0 Å². The van der Waals surface area contributed by atoms with E-state index in [1.807, 2.05) is 0 Å². The first-order valence-corrected chi connectivity index (χ1v) is 10.7. The second kappa shape index (κ2) is 6.94. The highest BCUT2D eigenvalue weighted by Crippen LogP contribution is 2.50. The van der Waals surface area contributed by atoms with Crippen molar-refractivity contribution in [3.8, 4) is 0 Å². The number of allylic oxidation sites excluding steroid dienone is 4. The van der Waals surface area contributed by atoms with E-state index in [-0.39, 0.29) is 5.41 Å². The fourth-order valence-corrected chi connectivity index (χ4v) is 5.17. The van der Waals surface area contributed by atoms with Crippen molar-refractivity contribution in [3.63, 3.8) is 0 Å². The van der Waals surface area contributed by atoms with Gasteiger partial charge in [-0.25, -0.2) is 0 Å². The number of rotatable bonds is 2. The number of hydrogen-bond acceptors (Lipinski definition) is 0. The van der Waals surface area contributed by atoms with E-state index in [1.165, 1.54) is 42.2 Å². The predicted molar refractivity (Wildman–Crippen MR) is 126 cm³/mol. The highest BCUT2D eigenvalue weighted by atomic mass is 127. The Morgan fingerprint density at radius 2 is 1.56 bits per heavy atom.